The van der Waals surface area contributed by atoms with Gasteiger partial charge < -0.3 is 9.29 Å². The zero-order valence-electron chi connectivity index (χ0n) is 21.3. The highest BCUT2D eigenvalue weighted by Crippen LogP contribution is 2.46. The van der Waals surface area contributed by atoms with Crippen LogP contribution in [0.1, 0.15) is 48.9 Å². The lowest BCUT2D eigenvalue weighted by molar-refractivity contribution is 0.376. The van der Waals surface area contributed by atoms with Crippen LogP contribution in [0.25, 0.3) is 0 Å². The van der Waals surface area contributed by atoms with Crippen LogP contribution < -0.4 is 9.46 Å². The van der Waals surface area contributed by atoms with E-state index in [1.807, 2.05) is 93.7 Å². The predicted molar refractivity (Wildman–Crippen MR) is 153 cm³/mol. The summed E-state index contributed by atoms with van der Waals surface area (Å²) in [6, 6.07) is 18.4. The van der Waals surface area contributed by atoms with E-state index in [1.165, 1.54) is 15.6 Å². The van der Waals surface area contributed by atoms with E-state index in [4.69, 9.17) is 4.74 Å². The van der Waals surface area contributed by atoms with E-state index in [0.717, 1.165) is 14.9 Å². The molecule has 2 unspecified atom stereocenters. The minimum absolute atomic E-state index is 0.183. The Morgan fingerprint density at radius 3 is 2.22 bits per heavy atom. The van der Waals surface area contributed by atoms with Gasteiger partial charge in [0.1, 0.15) is 21.3 Å². The Hall–Kier alpha value is -1.40. The highest BCUT2D eigenvalue weighted by molar-refractivity contribution is 9.10. The van der Waals surface area contributed by atoms with Gasteiger partial charge in [-0.25, -0.2) is 8.42 Å². The first-order valence-corrected chi connectivity index (χ1v) is 15.7. The van der Waals surface area contributed by atoms with Gasteiger partial charge in [-0.3, -0.25) is 0 Å². The summed E-state index contributed by atoms with van der Waals surface area (Å²) in [7, 11) is -0.783. The molecule has 1 heterocycles. The normalized spacial score (nSPS) is 15.9. The van der Waals surface area contributed by atoms with Gasteiger partial charge in [0.05, 0.1) is 7.11 Å². The highest BCUT2D eigenvalue weighted by Gasteiger charge is 2.51. The summed E-state index contributed by atoms with van der Waals surface area (Å²) < 4.78 is 52.2. The smallest absolute Gasteiger partial charge is 0.223 e. The minimum Gasteiger partial charge on any atom is -0.598 e. The van der Waals surface area contributed by atoms with Crippen molar-refractivity contribution in [3.63, 3.8) is 0 Å². The summed E-state index contributed by atoms with van der Waals surface area (Å²) in [4.78, 5) is 0.766. The number of nitrogens with one attached hydrogen (secondary N) is 1. The van der Waals surface area contributed by atoms with E-state index in [1.54, 1.807) is 14.2 Å². The Morgan fingerprint density at radius 1 is 1.11 bits per heavy atom. The molecule has 0 saturated heterocycles. The second-order valence-corrected chi connectivity index (χ2v) is 15.7. The van der Waals surface area contributed by atoms with Crippen LogP contribution in [-0.2, 0) is 33.5 Å². The van der Waals surface area contributed by atoms with Gasteiger partial charge in [-0.05, 0) is 73.0 Å². The summed E-state index contributed by atoms with van der Waals surface area (Å²) in [6.45, 7) is 7.60. The van der Waals surface area contributed by atoms with Gasteiger partial charge >= 0.3 is 0 Å². The van der Waals surface area contributed by atoms with E-state index in [-0.39, 0.29) is 6.54 Å². The lowest BCUT2D eigenvalue weighted by atomic mass is 9.91. The van der Waals surface area contributed by atoms with Crippen molar-refractivity contribution in [3.8, 4) is 5.75 Å². The van der Waals surface area contributed by atoms with Gasteiger partial charge in [0.25, 0.3) is 0 Å². The van der Waals surface area contributed by atoms with Crippen LogP contribution in [0.5, 0.6) is 5.75 Å². The molecule has 6 nitrogen and oxygen atoms in total. The fourth-order valence-electron chi connectivity index (χ4n) is 3.85. The van der Waals surface area contributed by atoms with Gasteiger partial charge in [0.15, 0.2) is 0 Å². The first-order valence-electron chi connectivity index (χ1n) is 11.4. The largest absolute Gasteiger partial charge is 0.598 e. The number of benzene rings is 2. The van der Waals surface area contributed by atoms with Crippen LogP contribution in [0.2, 0.25) is 0 Å². The third-order valence-corrected chi connectivity index (χ3v) is 11.9. The molecule has 36 heavy (non-hydrogen) atoms. The Bertz CT molecular complexity index is 1240. The molecule has 3 rings (SSSR count). The average Bonchev–Trinajstić information content (AvgIpc) is 3.26. The summed E-state index contributed by atoms with van der Waals surface area (Å²) >= 11 is 3.40. The molecule has 0 radical (unpaired) electrons. The van der Waals surface area contributed by atoms with E-state index in [2.05, 4.69) is 20.7 Å². The van der Waals surface area contributed by atoms with Crippen molar-refractivity contribution < 1.29 is 17.7 Å². The maximum Gasteiger partial charge on any atom is 0.223 e. The molecule has 3 atom stereocenters. The molecule has 10 heteroatoms. The Balaban J connectivity index is 2.14. The quantitative estimate of drug-likeness (QED) is 0.284. The summed E-state index contributed by atoms with van der Waals surface area (Å²) in [5.41, 5.74) is 0.258. The SMILES string of the molecule is COc1ccc(CN(C)S(=O)(=O)C(c2ccccc2)[C@](C)(N[S+]([O-])C(C)(C)C)c2cc(Br)cs2)cc1. The van der Waals surface area contributed by atoms with Gasteiger partial charge in [0, 0.05) is 39.7 Å². The molecular formula is C26H33BrN2O4S3. The van der Waals surface area contributed by atoms with Crippen LogP contribution in [0.3, 0.4) is 0 Å². The van der Waals surface area contributed by atoms with Crippen molar-refractivity contribution in [3.05, 3.63) is 86.5 Å². The summed E-state index contributed by atoms with van der Waals surface area (Å²) in [6.07, 6.45) is 0. The zero-order valence-corrected chi connectivity index (χ0v) is 25.4. The molecule has 0 aliphatic rings. The van der Waals surface area contributed by atoms with E-state index >= 15 is 0 Å². The van der Waals surface area contributed by atoms with E-state index in [0.29, 0.717) is 11.3 Å². The predicted octanol–water partition coefficient (Wildman–Crippen LogP) is 5.99. The average molecular weight is 614 g/mol. The third-order valence-electron chi connectivity index (χ3n) is 5.86. The maximum absolute atomic E-state index is 14.4. The fraction of sp³-hybridized carbons (Fsp3) is 0.385. The molecule has 0 bridgehead atoms. The molecule has 0 spiro atoms. The molecule has 0 fully saturated rings. The van der Waals surface area contributed by atoms with Crippen LogP contribution in [-0.4, -0.2) is 36.2 Å². The standard InChI is InChI=1S/C26H33BrN2O4S3/c1-25(2,3)35(30)28-26(4,23-16-21(27)18-34-23)24(20-10-8-7-9-11-20)36(31,32)29(5)17-19-12-14-22(33-6)15-13-19/h7-16,18,24,28H,17H2,1-6H3/t24?,26-,35?/m1/s1. The molecule has 0 aliphatic carbocycles. The number of rotatable bonds is 10. The second kappa shape index (κ2) is 11.6. The molecule has 0 aliphatic heterocycles. The maximum atomic E-state index is 14.4. The number of thiophene rings is 1. The Morgan fingerprint density at radius 2 is 1.72 bits per heavy atom. The monoisotopic (exact) mass is 612 g/mol. The number of methoxy groups -OCH3 is 1. The molecule has 1 N–H and O–H groups in total. The Labute approximate surface area is 230 Å². The number of sulfonamides is 1. The summed E-state index contributed by atoms with van der Waals surface area (Å²) in [5.74, 6) is 0.705. The van der Waals surface area contributed by atoms with E-state index in [9.17, 15) is 13.0 Å². The molecule has 1 aromatic heterocycles. The third kappa shape index (κ3) is 6.53. The number of ether oxygens (including phenoxy) is 1. The molecule has 3 aromatic rings. The molecule has 0 saturated carbocycles. The van der Waals surface area contributed by atoms with Crippen LogP contribution in [0.4, 0.5) is 0 Å². The Kier molecular flexibility index (Phi) is 9.36. The first kappa shape index (κ1) is 29.2. The molecular weight excluding hydrogens is 580 g/mol. The van der Waals surface area contributed by atoms with Gasteiger partial charge in [-0.15, -0.1) is 16.1 Å². The first-order chi connectivity index (χ1) is 16.8. The summed E-state index contributed by atoms with van der Waals surface area (Å²) in [5, 5.41) is 0.858. The van der Waals surface area contributed by atoms with Gasteiger partial charge in [0.2, 0.25) is 10.0 Å². The molecule has 0 amide bonds. The van der Waals surface area contributed by atoms with Crippen LogP contribution in [0.15, 0.2) is 70.5 Å². The second-order valence-electron chi connectivity index (χ2n) is 9.75. The minimum atomic E-state index is -3.96. The lowest BCUT2D eigenvalue weighted by Crippen LogP contribution is -2.55. The number of hydrogen-bond acceptors (Lipinski definition) is 6. The van der Waals surface area contributed by atoms with Crippen molar-refractivity contribution in [1.29, 1.82) is 0 Å². The number of halogens is 1. The highest BCUT2D eigenvalue weighted by atomic mass is 79.9. The van der Waals surface area contributed by atoms with Crippen LogP contribution >= 0.6 is 27.3 Å². The fourth-order valence-corrected chi connectivity index (χ4v) is 8.53. The van der Waals surface area contributed by atoms with Crippen molar-refractivity contribution in [1.82, 2.24) is 9.03 Å². The van der Waals surface area contributed by atoms with E-state index < -0.39 is 36.9 Å². The number of hydrogen-bond donors (Lipinski definition) is 1. The topological polar surface area (TPSA) is 81.7 Å². The number of nitrogens with zero attached hydrogens (tertiary/aromatic N) is 1. The van der Waals surface area contributed by atoms with Crippen molar-refractivity contribution in [2.75, 3.05) is 14.2 Å². The van der Waals surface area contributed by atoms with Gasteiger partial charge in [-0.2, -0.15) is 4.31 Å². The van der Waals surface area contributed by atoms with Crippen molar-refractivity contribution in [2.45, 2.75) is 49.8 Å². The zero-order chi connectivity index (χ0) is 26.7. The van der Waals surface area contributed by atoms with Crippen LogP contribution in [0, 0.1) is 0 Å². The lowest BCUT2D eigenvalue weighted by Gasteiger charge is -2.40. The van der Waals surface area contributed by atoms with Crippen molar-refractivity contribution >= 4 is 48.7 Å². The molecule has 2 aromatic carbocycles. The molecule has 196 valence electrons. The van der Waals surface area contributed by atoms with Gasteiger partial charge in [-0.1, -0.05) is 42.5 Å². The van der Waals surface area contributed by atoms with Crippen molar-refractivity contribution in [2.24, 2.45) is 0 Å².